The molecule has 0 radical (unpaired) electrons. The van der Waals surface area contributed by atoms with Crippen LogP contribution in [0, 0.1) is 5.41 Å². The quantitative estimate of drug-likeness (QED) is 0.491. The molecule has 2 aromatic heterocycles. The van der Waals surface area contributed by atoms with Crippen LogP contribution in [0.5, 0.6) is 5.75 Å². The lowest BCUT2D eigenvalue weighted by atomic mass is 9.95. The fraction of sp³-hybridized carbons (Fsp3) is 0.435. The standard InChI is InChI=1S/C23H25F2N5O3/c24-23(25)4-8-29(9-5-23)18-11-19(32)15(12-22(14-31)2-3-22)10-17(18)28-21(33)16-13-27-30-7-1-6-26-20(16)30/h1,6-7,10-11,13,31-32H,2-5,8-9,12,14H2,(H,28,33). The molecule has 0 atom stereocenters. The Kier molecular flexibility index (Phi) is 5.19. The van der Waals surface area contributed by atoms with Crippen molar-refractivity contribution >= 4 is 22.9 Å². The summed E-state index contributed by atoms with van der Waals surface area (Å²) in [4.78, 5) is 19.1. The van der Waals surface area contributed by atoms with Crippen molar-refractivity contribution in [3.8, 4) is 5.75 Å². The molecule has 0 unspecified atom stereocenters. The molecule has 0 bridgehead atoms. The van der Waals surface area contributed by atoms with Gasteiger partial charge in [0.1, 0.15) is 11.3 Å². The molecule has 1 aliphatic carbocycles. The minimum atomic E-state index is -2.72. The maximum absolute atomic E-state index is 13.7. The third-order valence-corrected chi connectivity index (χ3v) is 6.66. The number of aromatic nitrogens is 3. The average Bonchev–Trinajstić information content (AvgIpc) is 3.43. The number of alkyl halides is 2. The minimum absolute atomic E-state index is 0.0190. The largest absolute Gasteiger partial charge is 0.508 e. The highest BCUT2D eigenvalue weighted by molar-refractivity contribution is 6.09. The van der Waals surface area contributed by atoms with Gasteiger partial charge in [-0.3, -0.25) is 4.79 Å². The van der Waals surface area contributed by atoms with E-state index in [-0.39, 0.29) is 49.3 Å². The number of fused-ring (bicyclic) bond motifs is 1. The monoisotopic (exact) mass is 457 g/mol. The van der Waals surface area contributed by atoms with Crippen molar-refractivity contribution in [1.29, 1.82) is 0 Å². The Morgan fingerprint density at radius 3 is 2.64 bits per heavy atom. The number of hydrogen-bond donors (Lipinski definition) is 3. The van der Waals surface area contributed by atoms with Gasteiger partial charge in [0, 0.05) is 51.0 Å². The molecule has 2 aliphatic rings. The van der Waals surface area contributed by atoms with Gasteiger partial charge >= 0.3 is 0 Å². The molecule has 33 heavy (non-hydrogen) atoms. The van der Waals surface area contributed by atoms with Gasteiger partial charge in [-0.15, -0.1) is 0 Å². The minimum Gasteiger partial charge on any atom is -0.508 e. The van der Waals surface area contributed by atoms with Crippen LogP contribution in [0.4, 0.5) is 20.2 Å². The first-order valence-electron chi connectivity index (χ1n) is 11.0. The Morgan fingerprint density at radius 2 is 1.94 bits per heavy atom. The summed E-state index contributed by atoms with van der Waals surface area (Å²) in [6.07, 6.45) is 6.27. The van der Waals surface area contributed by atoms with Crippen LogP contribution < -0.4 is 10.2 Å². The number of nitrogens with one attached hydrogen (secondary N) is 1. The van der Waals surface area contributed by atoms with Gasteiger partial charge in [0.25, 0.3) is 11.8 Å². The highest BCUT2D eigenvalue weighted by Crippen LogP contribution is 2.50. The van der Waals surface area contributed by atoms with Crippen LogP contribution in [0.25, 0.3) is 5.65 Å². The predicted octanol–water partition coefficient (Wildman–Crippen LogP) is 3.24. The van der Waals surface area contributed by atoms with Crippen molar-refractivity contribution in [3.63, 3.8) is 0 Å². The lowest BCUT2D eigenvalue weighted by molar-refractivity contribution is -0.0220. The van der Waals surface area contributed by atoms with Gasteiger partial charge < -0.3 is 20.4 Å². The summed E-state index contributed by atoms with van der Waals surface area (Å²) in [7, 11) is 0. The molecule has 1 aromatic carbocycles. The first-order valence-corrected chi connectivity index (χ1v) is 11.0. The number of carbonyl (C=O) groups is 1. The molecular weight excluding hydrogens is 432 g/mol. The Bertz CT molecular complexity index is 1200. The first kappa shape index (κ1) is 21.6. The SMILES string of the molecule is O=C(Nc1cc(CC2(CO)CC2)c(O)cc1N1CCC(F)(F)CC1)c1cnn2cccnc12. The van der Waals surface area contributed by atoms with Gasteiger partial charge in [-0.05, 0) is 42.4 Å². The molecule has 3 N–H and O–H groups in total. The van der Waals surface area contributed by atoms with E-state index in [0.29, 0.717) is 29.0 Å². The number of halogens is 2. The molecule has 2 fully saturated rings. The van der Waals surface area contributed by atoms with Gasteiger partial charge in [0.2, 0.25) is 0 Å². The number of aliphatic hydroxyl groups excluding tert-OH is 1. The van der Waals surface area contributed by atoms with Crippen LogP contribution in [-0.4, -0.2) is 56.3 Å². The molecular formula is C23H25F2N5O3. The maximum atomic E-state index is 13.7. The Labute approximate surface area is 188 Å². The number of aromatic hydroxyl groups is 1. The Balaban J connectivity index is 1.49. The van der Waals surface area contributed by atoms with Crippen molar-refractivity contribution < 1.29 is 23.8 Å². The molecule has 3 aromatic rings. The predicted molar refractivity (Wildman–Crippen MR) is 118 cm³/mol. The normalized spacial score (nSPS) is 18.9. The zero-order valence-electron chi connectivity index (χ0n) is 18.0. The number of amides is 1. The van der Waals surface area contributed by atoms with Crippen LogP contribution >= 0.6 is 0 Å². The lowest BCUT2D eigenvalue weighted by Crippen LogP contribution is -2.39. The second kappa shape index (κ2) is 7.95. The summed E-state index contributed by atoms with van der Waals surface area (Å²) in [6, 6.07) is 4.91. The summed E-state index contributed by atoms with van der Waals surface area (Å²) in [6.45, 7) is 0.228. The van der Waals surface area contributed by atoms with Crippen LogP contribution in [-0.2, 0) is 6.42 Å². The van der Waals surface area contributed by atoms with Crippen LogP contribution in [0.1, 0.15) is 41.6 Å². The average molecular weight is 457 g/mol. The fourth-order valence-corrected chi connectivity index (χ4v) is 4.35. The highest BCUT2D eigenvalue weighted by atomic mass is 19.3. The molecule has 1 aliphatic heterocycles. The number of piperidine rings is 1. The summed E-state index contributed by atoms with van der Waals surface area (Å²) >= 11 is 0. The van der Waals surface area contributed by atoms with E-state index in [1.54, 1.807) is 29.4 Å². The molecule has 3 heterocycles. The number of carbonyl (C=O) groups excluding carboxylic acids is 1. The van der Waals surface area contributed by atoms with Gasteiger partial charge in [-0.2, -0.15) is 5.10 Å². The van der Waals surface area contributed by atoms with E-state index < -0.39 is 11.8 Å². The topological polar surface area (TPSA) is 103 Å². The summed E-state index contributed by atoms with van der Waals surface area (Å²) in [5, 5.41) is 27.4. The smallest absolute Gasteiger partial charge is 0.261 e. The Morgan fingerprint density at radius 1 is 1.18 bits per heavy atom. The molecule has 5 rings (SSSR count). The van der Waals surface area contributed by atoms with E-state index in [0.717, 1.165) is 12.8 Å². The number of phenolic OH excluding ortho intramolecular Hbond substituents is 1. The van der Waals surface area contributed by atoms with Gasteiger partial charge in [0.15, 0.2) is 5.65 Å². The molecule has 0 spiro atoms. The molecule has 1 saturated heterocycles. The molecule has 1 amide bonds. The number of benzene rings is 1. The molecule has 10 heteroatoms. The van der Waals surface area contributed by atoms with Crippen molar-refractivity contribution in [1.82, 2.24) is 14.6 Å². The van der Waals surface area contributed by atoms with Crippen molar-refractivity contribution in [2.24, 2.45) is 5.41 Å². The van der Waals surface area contributed by atoms with Crippen molar-refractivity contribution in [3.05, 3.63) is 47.9 Å². The number of rotatable bonds is 6. The van der Waals surface area contributed by atoms with Crippen molar-refractivity contribution in [2.75, 3.05) is 29.9 Å². The molecule has 1 saturated carbocycles. The number of hydrogen-bond acceptors (Lipinski definition) is 6. The second-order valence-electron chi connectivity index (χ2n) is 9.08. The maximum Gasteiger partial charge on any atom is 0.261 e. The van der Waals surface area contributed by atoms with E-state index in [1.807, 2.05) is 0 Å². The van der Waals surface area contributed by atoms with E-state index in [1.165, 1.54) is 16.8 Å². The third-order valence-electron chi connectivity index (χ3n) is 6.66. The van der Waals surface area contributed by atoms with E-state index in [4.69, 9.17) is 0 Å². The van der Waals surface area contributed by atoms with Crippen LogP contribution in [0.2, 0.25) is 0 Å². The van der Waals surface area contributed by atoms with Gasteiger partial charge in [-0.1, -0.05) is 0 Å². The number of aliphatic hydroxyl groups is 1. The summed E-state index contributed by atoms with van der Waals surface area (Å²) in [5.74, 6) is -3.13. The zero-order chi connectivity index (χ0) is 23.2. The molecule has 8 nitrogen and oxygen atoms in total. The summed E-state index contributed by atoms with van der Waals surface area (Å²) < 4.78 is 28.9. The van der Waals surface area contributed by atoms with Gasteiger partial charge in [-0.25, -0.2) is 18.3 Å². The van der Waals surface area contributed by atoms with Gasteiger partial charge in [0.05, 0.1) is 17.6 Å². The Hall–Kier alpha value is -3.27. The lowest BCUT2D eigenvalue weighted by Gasteiger charge is -2.35. The van der Waals surface area contributed by atoms with Crippen LogP contribution in [0.3, 0.4) is 0 Å². The van der Waals surface area contributed by atoms with Crippen molar-refractivity contribution in [2.45, 2.75) is 38.0 Å². The first-order chi connectivity index (χ1) is 15.8. The number of anilines is 2. The van der Waals surface area contributed by atoms with E-state index in [2.05, 4.69) is 15.4 Å². The second-order valence-corrected chi connectivity index (χ2v) is 9.08. The number of nitrogens with zero attached hydrogens (tertiary/aromatic N) is 4. The number of phenols is 1. The van der Waals surface area contributed by atoms with E-state index >= 15 is 0 Å². The molecule has 174 valence electrons. The van der Waals surface area contributed by atoms with Crippen LogP contribution in [0.15, 0.2) is 36.8 Å². The fourth-order valence-electron chi connectivity index (χ4n) is 4.35. The third kappa shape index (κ3) is 4.22. The zero-order valence-corrected chi connectivity index (χ0v) is 18.0. The highest BCUT2D eigenvalue weighted by Gasteiger charge is 2.42. The van der Waals surface area contributed by atoms with E-state index in [9.17, 15) is 23.8 Å². The summed E-state index contributed by atoms with van der Waals surface area (Å²) in [5.41, 5.74) is 1.92.